The van der Waals surface area contributed by atoms with Crippen LogP contribution in [-0.2, 0) is 4.79 Å². The van der Waals surface area contributed by atoms with Gasteiger partial charge >= 0.3 is 17.9 Å². The number of hydrogen-bond acceptors (Lipinski definition) is 7. The molecule has 0 saturated heterocycles. The molecule has 0 saturated carbocycles. The molecule has 2 atom stereocenters. The molecule has 9 nitrogen and oxygen atoms in total. The summed E-state index contributed by atoms with van der Waals surface area (Å²) >= 11 is 0. The van der Waals surface area contributed by atoms with E-state index >= 15 is 0 Å². The van der Waals surface area contributed by atoms with Gasteiger partial charge in [0.2, 0.25) is 17.9 Å². The second kappa shape index (κ2) is 11.5. The molecule has 0 bridgehead atoms. The molecule has 1 heterocycles. The number of nitrogens with zero attached hydrogens (tertiary/aromatic N) is 2. The normalized spacial score (nSPS) is 12.0. The van der Waals surface area contributed by atoms with Crippen molar-refractivity contribution in [3.05, 3.63) is 41.5 Å². The maximum absolute atomic E-state index is 11.2. The van der Waals surface area contributed by atoms with Crippen molar-refractivity contribution in [2.45, 2.75) is 33.3 Å². The second-order valence-corrected chi connectivity index (χ2v) is 6.12. The first-order chi connectivity index (χ1) is 13.7. The van der Waals surface area contributed by atoms with E-state index < -0.39 is 18.0 Å². The Kier molecular flexibility index (Phi) is 9.37. The van der Waals surface area contributed by atoms with Crippen molar-refractivity contribution in [1.29, 1.82) is 0 Å². The van der Waals surface area contributed by atoms with E-state index in [-0.39, 0.29) is 23.7 Å². The molecular weight excluding hydrogens is 380 g/mol. The Hall–Kier alpha value is -3.36. The van der Waals surface area contributed by atoms with E-state index in [1.165, 1.54) is 20.3 Å². The summed E-state index contributed by atoms with van der Waals surface area (Å²) in [6.45, 7) is 5.45. The zero-order chi connectivity index (χ0) is 22.0. The van der Waals surface area contributed by atoms with Crippen LogP contribution in [0.3, 0.4) is 0 Å². The fourth-order valence-electron chi connectivity index (χ4n) is 2.20. The number of aromatic carboxylic acids is 1. The Bertz CT molecular complexity index is 804. The van der Waals surface area contributed by atoms with Gasteiger partial charge in [0, 0.05) is 5.92 Å². The molecule has 2 aromatic rings. The Balaban J connectivity index is 0.000000352. The lowest BCUT2D eigenvalue weighted by molar-refractivity contribution is -0.147. The Morgan fingerprint density at radius 1 is 1.07 bits per heavy atom. The average Bonchev–Trinajstić information content (AvgIpc) is 2.71. The van der Waals surface area contributed by atoms with Gasteiger partial charge in [-0.1, -0.05) is 32.0 Å². The number of carboxylic acids is 2. The van der Waals surface area contributed by atoms with Crippen LogP contribution in [0.1, 0.15) is 36.2 Å². The molecule has 0 aliphatic heterocycles. The summed E-state index contributed by atoms with van der Waals surface area (Å²) in [5.41, 5.74) is 1.18. The SMILES string of the molecule is CCC(C)C(Oc1nc(OC)cc(OC)n1)C(=O)O.Cc1ccccc1C(=O)O. The first-order valence-corrected chi connectivity index (χ1v) is 8.88. The third-order valence-corrected chi connectivity index (χ3v) is 4.09. The standard InChI is InChI=1S/C12H18N2O5.C8H8O2/c1-5-7(2)10(11(15)16)19-12-13-8(17-3)6-9(14-12)18-4;1-6-4-2-3-5-7(6)8(9)10/h6-7,10H,5H2,1-4H3,(H,15,16);2-5H,1H3,(H,9,10). The van der Waals surface area contributed by atoms with E-state index in [2.05, 4.69) is 9.97 Å². The van der Waals surface area contributed by atoms with Gasteiger partial charge in [-0.05, 0) is 25.0 Å². The first kappa shape index (κ1) is 23.7. The summed E-state index contributed by atoms with van der Waals surface area (Å²) in [6, 6.07) is 8.31. The number of benzene rings is 1. The van der Waals surface area contributed by atoms with Gasteiger partial charge in [-0.2, -0.15) is 9.97 Å². The predicted octanol–water partition coefficient (Wildman–Crippen LogP) is 3.07. The highest BCUT2D eigenvalue weighted by Crippen LogP contribution is 2.21. The highest BCUT2D eigenvalue weighted by Gasteiger charge is 2.27. The van der Waals surface area contributed by atoms with Gasteiger partial charge < -0.3 is 24.4 Å². The number of carboxylic acid groups (broad SMARTS) is 2. The minimum atomic E-state index is -1.06. The van der Waals surface area contributed by atoms with Crippen molar-refractivity contribution in [3.8, 4) is 17.8 Å². The molecule has 0 fully saturated rings. The molecule has 2 N–H and O–H groups in total. The number of hydrogen-bond donors (Lipinski definition) is 2. The Labute approximate surface area is 169 Å². The largest absolute Gasteiger partial charge is 0.481 e. The van der Waals surface area contributed by atoms with Crippen LogP contribution in [0.25, 0.3) is 0 Å². The van der Waals surface area contributed by atoms with Crippen molar-refractivity contribution in [1.82, 2.24) is 9.97 Å². The minimum absolute atomic E-state index is 0.0797. The second-order valence-electron chi connectivity index (χ2n) is 6.12. The maximum Gasteiger partial charge on any atom is 0.345 e. The fourth-order valence-corrected chi connectivity index (χ4v) is 2.20. The van der Waals surface area contributed by atoms with E-state index in [4.69, 9.17) is 24.4 Å². The fraction of sp³-hybridized carbons (Fsp3) is 0.400. The van der Waals surface area contributed by atoms with Gasteiger partial charge in [0.05, 0.1) is 25.8 Å². The van der Waals surface area contributed by atoms with Crippen molar-refractivity contribution < 1.29 is 34.0 Å². The van der Waals surface area contributed by atoms with Crippen molar-refractivity contribution >= 4 is 11.9 Å². The van der Waals surface area contributed by atoms with Crippen LogP contribution in [0.5, 0.6) is 17.8 Å². The van der Waals surface area contributed by atoms with Crippen LogP contribution in [0.4, 0.5) is 0 Å². The van der Waals surface area contributed by atoms with Crippen LogP contribution < -0.4 is 14.2 Å². The summed E-state index contributed by atoms with van der Waals surface area (Å²) in [5, 5.41) is 17.7. The Morgan fingerprint density at radius 3 is 2.00 bits per heavy atom. The topological polar surface area (TPSA) is 128 Å². The van der Waals surface area contributed by atoms with Crippen LogP contribution in [-0.4, -0.2) is 52.4 Å². The zero-order valence-corrected chi connectivity index (χ0v) is 17.1. The molecule has 0 amide bonds. The lowest BCUT2D eigenvalue weighted by Gasteiger charge is -2.19. The van der Waals surface area contributed by atoms with Crippen molar-refractivity contribution in [2.75, 3.05) is 14.2 Å². The predicted molar refractivity (Wildman–Crippen MR) is 105 cm³/mol. The van der Waals surface area contributed by atoms with Crippen molar-refractivity contribution in [2.24, 2.45) is 5.92 Å². The molecule has 29 heavy (non-hydrogen) atoms. The highest BCUT2D eigenvalue weighted by atomic mass is 16.5. The molecule has 2 rings (SSSR count). The molecule has 158 valence electrons. The molecule has 1 aromatic carbocycles. The number of methoxy groups -OCH3 is 2. The zero-order valence-electron chi connectivity index (χ0n) is 17.1. The number of rotatable bonds is 8. The van der Waals surface area contributed by atoms with Crippen LogP contribution in [0, 0.1) is 12.8 Å². The summed E-state index contributed by atoms with van der Waals surface area (Å²) < 4.78 is 15.3. The van der Waals surface area contributed by atoms with Gasteiger partial charge in [-0.15, -0.1) is 0 Å². The van der Waals surface area contributed by atoms with Gasteiger partial charge in [-0.25, -0.2) is 9.59 Å². The molecule has 1 aromatic heterocycles. The molecule has 2 unspecified atom stereocenters. The maximum atomic E-state index is 11.2. The van der Waals surface area contributed by atoms with Crippen LogP contribution >= 0.6 is 0 Å². The quantitative estimate of drug-likeness (QED) is 0.679. The van der Waals surface area contributed by atoms with Gasteiger partial charge in [0.1, 0.15) is 0 Å². The number of aliphatic carboxylic acids is 1. The summed E-state index contributed by atoms with van der Waals surface area (Å²) in [7, 11) is 2.88. The third-order valence-electron chi connectivity index (χ3n) is 4.09. The summed E-state index contributed by atoms with van der Waals surface area (Å²) in [6.07, 6.45) is -0.347. The number of ether oxygens (including phenoxy) is 3. The van der Waals surface area contributed by atoms with Crippen LogP contribution in [0.15, 0.2) is 30.3 Å². The van der Waals surface area contributed by atoms with E-state index in [1.54, 1.807) is 32.0 Å². The average molecular weight is 406 g/mol. The summed E-state index contributed by atoms with van der Waals surface area (Å²) in [4.78, 5) is 29.5. The lowest BCUT2D eigenvalue weighted by Crippen LogP contribution is -2.34. The molecule has 0 radical (unpaired) electrons. The van der Waals surface area contributed by atoms with E-state index in [9.17, 15) is 9.59 Å². The molecule has 0 spiro atoms. The highest BCUT2D eigenvalue weighted by molar-refractivity contribution is 5.89. The number of aromatic nitrogens is 2. The first-order valence-electron chi connectivity index (χ1n) is 8.88. The van der Waals surface area contributed by atoms with Gasteiger partial charge in [0.15, 0.2) is 0 Å². The van der Waals surface area contributed by atoms with E-state index in [0.717, 1.165) is 5.56 Å². The lowest BCUT2D eigenvalue weighted by atomic mass is 10.0. The van der Waals surface area contributed by atoms with Gasteiger partial charge in [0.25, 0.3) is 0 Å². The molecule has 9 heteroatoms. The van der Waals surface area contributed by atoms with Gasteiger partial charge in [-0.3, -0.25) is 0 Å². The van der Waals surface area contributed by atoms with E-state index in [0.29, 0.717) is 12.0 Å². The molecule has 0 aliphatic rings. The number of carbonyl (C=O) groups is 2. The van der Waals surface area contributed by atoms with Crippen LogP contribution in [0.2, 0.25) is 0 Å². The Morgan fingerprint density at radius 2 is 1.62 bits per heavy atom. The molecular formula is C20H26N2O7. The number of aryl methyl sites for hydroxylation is 1. The summed E-state index contributed by atoms with van der Waals surface area (Å²) in [5.74, 6) is -1.60. The monoisotopic (exact) mass is 406 g/mol. The van der Waals surface area contributed by atoms with E-state index in [1.807, 2.05) is 13.0 Å². The van der Waals surface area contributed by atoms with Crippen molar-refractivity contribution in [3.63, 3.8) is 0 Å². The minimum Gasteiger partial charge on any atom is -0.481 e. The molecule has 0 aliphatic carbocycles. The smallest absolute Gasteiger partial charge is 0.345 e. The third kappa shape index (κ3) is 7.28.